The van der Waals surface area contributed by atoms with E-state index in [9.17, 15) is 5.11 Å². The normalized spacial score (nSPS) is 17.1. The fourth-order valence-electron chi connectivity index (χ4n) is 2.23. The Morgan fingerprint density at radius 2 is 1.88 bits per heavy atom. The van der Waals surface area contributed by atoms with Crippen molar-refractivity contribution in [1.29, 1.82) is 0 Å². The molecule has 2 aromatic rings. The van der Waals surface area contributed by atoms with Gasteiger partial charge in [-0.15, -0.1) is 11.3 Å². The van der Waals surface area contributed by atoms with Gasteiger partial charge in [-0.1, -0.05) is 24.3 Å². The molecule has 0 bridgehead atoms. The van der Waals surface area contributed by atoms with Gasteiger partial charge >= 0.3 is 0 Å². The second kappa shape index (κ2) is 4.28. The molecule has 88 valence electrons. The van der Waals surface area contributed by atoms with Gasteiger partial charge in [0.15, 0.2) is 0 Å². The zero-order valence-corrected chi connectivity index (χ0v) is 10.7. The SMILES string of the molecule is Cc1sccc1C(O)c1ccc(C2CC2)cc1. The Hall–Kier alpha value is -1.12. The Balaban J connectivity index is 1.86. The predicted octanol–water partition coefficient (Wildman–Crippen LogP) is 4.02. The van der Waals surface area contributed by atoms with E-state index in [0.29, 0.717) is 0 Å². The summed E-state index contributed by atoms with van der Waals surface area (Å²) in [6, 6.07) is 10.5. The molecule has 1 aliphatic carbocycles. The molecule has 3 rings (SSSR count). The number of thiophene rings is 1. The van der Waals surface area contributed by atoms with Gasteiger partial charge in [-0.2, -0.15) is 0 Å². The van der Waals surface area contributed by atoms with Gasteiger partial charge in [0.25, 0.3) is 0 Å². The van der Waals surface area contributed by atoms with Gasteiger partial charge in [-0.25, -0.2) is 0 Å². The third-order valence-corrected chi connectivity index (χ3v) is 4.36. The van der Waals surface area contributed by atoms with Gasteiger partial charge < -0.3 is 5.11 Å². The van der Waals surface area contributed by atoms with Gasteiger partial charge in [0.05, 0.1) is 0 Å². The minimum absolute atomic E-state index is 0.477. The lowest BCUT2D eigenvalue weighted by Crippen LogP contribution is -1.99. The molecule has 1 fully saturated rings. The first-order valence-corrected chi connectivity index (χ1v) is 6.95. The monoisotopic (exact) mass is 244 g/mol. The summed E-state index contributed by atoms with van der Waals surface area (Å²) in [4.78, 5) is 1.20. The third-order valence-electron chi connectivity index (χ3n) is 3.49. The molecule has 1 aliphatic rings. The molecule has 1 saturated carbocycles. The summed E-state index contributed by atoms with van der Waals surface area (Å²) in [6.45, 7) is 2.06. The maximum atomic E-state index is 10.3. The van der Waals surface area contributed by atoms with Crippen LogP contribution in [-0.4, -0.2) is 5.11 Å². The lowest BCUT2D eigenvalue weighted by Gasteiger charge is -2.11. The molecular weight excluding hydrogens is 228 g/mol. The zero-order chi connectivity index (χ0) is 11.8. The van der Waals surface area contributed by atoms with E-state index in [-0.39, 0.29) is 0 Å². The summed E-state index contributed by atoms with van der Waals surface area (Å²) in [5.74, 6) is 0.782. The number of aryl methyl sites for hydroxylation is 1. The number of hydrogen-bond donors (Lipinski definition) is 1. The highest BCUT2D eigenvalue weighted by Crippen LogP contribution is 2.40. The molecule has 1 N–H and O–H groups in total. The number of aliphatic hydroxyl groups is 1. The molecule has 0 aliphatic heterocycles. The van der Waals surface area contributed by atoms with Crippen molar-refractivity contribution in [2.24, 2.45) is 0 Å². The van der Waals surface area contributed by atoms with E-state index in [0.717, 1.165) is 17.0 Å². The molecule has 17 heavy (non-hydrogen) atoms. The Kier molecular flexibility index (Phi) is 2.77. The molecular formula is C15H16OS. The standard InChI is InChI=1S/C15H16OS/c1-10-14(8-9-17-10)15(16)13-6-4-12(5-7-13)11-2-3-11/h4-9,11,15-16H,2-3H2,1H3. The average molecular weight is 244 g/mol. The van der Waals surface area contributed by atoms with E-state index in [1.165, 1.54) is 23.3 Å². The van der Waals surface area contributed by atoms with Crippen LogP contribution in [-0.2, 0) is 0 Å². The quantitative estimate of drug-likeness (QED) is 0.864. The van der Waals surface area contributed by atoms with Crippen LogP contribution in [0, 0.1) is 6.92 Å². The van der Waals surface area contributed by atoms with Crippen LogP contribution in [0.25, 0.3) is 0 Å². The van der Waals surface area contributed by atoms with E-state index < -0.39 is 6.10 Å². The predicted molar refractivity (Wildman–Crippen MR) is 71.5 cm³/mol. The zero-order valence-electron chi connectivity index (χ0n) is 9.89. The summed E-state index contributed by atoms with van der Waals surface area (Å²) >= 11 is 1.69. The van der Waals surface area contributed by atoms with Crippen LogP contribution in [0.1, 0.15) is 46.4 Å². The molecule has 0 saturated heterocycles. The van der Waals surface area contributed by atoms with E-state index in [4.69, 9.17) is 0 Å². The van der Waals surface area contributed by atoms with Crippen LogP contribution in [0.15, 0.2) is 35.7 Å². The second-order valence-electron chi connectivity index (χ2n) is 4.78. The van der Waals surface area contributed by atoms with Gasteiger partial charge in [0, 0.05) is 4.88 Å². The number of hydrogen-bond acceptors (Lipinski definition) is 2. The number of benzene rings is 1. The molecule has 2 heteroatoms. The largest absolute Gasteiger partial charge is 0.384 e. The van der Waals surface area contributed by atoms with Crippen LogP contribution in [0.5, 0.6) is 0 Å². The smallest absolute Gasteiger partial charge is 0.105 e. The molecule has 1 unspecified atom stereocenters. The highest BCUT2D eigenvalue weighted by atomic mass is 32.1. The highest BCUT2D eigenvalue weighted by molar-refractivity contribution is 7.10. The van der Waals surface area contributed by atoms with Gasteiger partial charge in [0.1, 0.15) is 6.10 Å². The molecule has 1 aromatic heterocycles. The van der Waals surface area contributed by atoms with Gasteiger partial charge in [-0.05, 0) is 53.8 Å². The van der Waals surface area contributed by atoms with Crippen molar-refractivity contribution in [1.82, 2.24) is 0 Å². The second-order valence-corrected chi connectivity index (χ2v) is 5.90. The lowest BCUT2D eigenvalue weighted by molar-refractivity contribution is 0.220. The first-order chi connectivity index (χ1) is 8.25. The van der Waals surface area contributed by atoms with E-state index in [1.54, 1.807) is 11.3 Å². The van der Waals surface area contributed by atoms with Crippen LogP contribution in [0.4, 0.5) is 0 Å². The van der Waals surface area contributed by atoms with Crippen LogP contribution in [0.3, 0.4) is 0 Å². The van der Waals surface area contributed by atoms with E-state index in [2.05, 4.69) is 31.2 Å². The molecule has 1 atom stereocenters. The third kappa shape index (κ3) is 2.15. The molecule has 0 radical (unpaired) electrons. The van der Waals surface area contributed by atoms with Crippen molar-refractivity contribution in [3.8, 4) is 0 Å². The Morgan fingerprint density at radius 1 is 1.18 bits per heavy atom. The van der Waals surface area contributed by atoms with Crippen molar-refractivity contribution >= 4 is 11.3 Å². The summed E-state index contributed by atoms with van der Waals surface area (Å²) in [5.41, 5.74) is 3.45. The lowest BCUT2D eigenvalue weighted by atomic mass is 10.00. The average Bonchev–Trinajstić information content (AvgIpc) is 3.12. The van der Waals surface area contributed by atoms with Crippen molar-refractivity contribution in [2.45, 2.75) is 31.8 Å². The fraction of sp³-hybridized carbons (Fsp3) is 0.333. The molecule has 0 amide bonds. The van der Waals surface area contributed by atoms with Crippen LogP contribution >= 0.6 is 11.3 Å². The topological polar surface area (TPSA) is 20.2 Å². The van der Waals surface area contributed by atoms with E-state index in [1.807, 2.05) is 11.4 Å². The summed E-state index contributed by atoms with van der Waals surface area (Å²) in [7, 11) is 0. The summed E-state index contributed by atoms with van der Waals surface area (Å²) in [6.07, 6.45) is 2.17. The summed E-state index contributed by atoms with van der Waals surface area (Å²) in [5, 5.41) is 12.3. The molecule has 1 heterocycles. The maximum absolute atomic E-state index is 10.3. The van der Waals surface area contributed by atoms with E-state index >= 15 is 0 Å². The Morgan fingerprint density at radius 3 is 2.41 bits per heavy atom. The summed E-state index contributed by atoms with van der Waals surface area (Å²) < 4.78 is 0. The Labute approximate surface area is 106 Å². The highest BCUT2D eigenvalue weighted by Gasteiger charge is 2.23. The van der Waals surface area contributed by atoms with Crippen molar-refractivity contribution in [3.05, 3.63) is 57.3 Å². The molecule has 1 nitrogen and oxygen atoms in total. The van der Waals surface area contributed by atoms with Crippen molar-refractivity contribution in [2.75, 3.05) is 0 Å². The van der Waals surface area contributed by atoms with Crippen molar-refractivity contribution in [3.63, 3.8) is 0 Å². The van der Waals surface area contributed by atoms with Crippen molar-refractivity contribution < 1.29 is 5.11 Å². The van der Waals surface area contributed by atoms with Gasteiger partial charge in [-0.3, -0.25) is 0 Å². The minimum atomic E-state index is -0.477. The molecule has 0 spiro atoms. The Bertz CT molecular complexity index is 508. The minimum Gasteiger partial charge on any atom is -0.384 e. The maximum Gasteiger partial charge on any atom is 0.105 e. The number of aliphatic hydroxyl groups excluding tert-OH is 1. The first-order valence-electron chi connectivity index (χ1n) is 6.07. The molecule has 1 aromatic carbocycles. The van der Waals surface area contributed by atoms with Crippen LogP contribution < -0.4 is 0 Å². The number of rotatable bonds is 3. The fourth-order valence-corrected chi connectivity index (χ4v) is 2.96. The van der Waals surface area contributed by atoms with Gasteiger partial charge in [0.2, 0.25) is 0 Å². The first kappa shape index (κ1) is 11.0. The van der Waals surface area contributed by atoms with Crippen LogP contribution in [0.2, 0.25) is 0 Å².